The number of phenols is 1. The van der Waals surface area contributed by atoms with Crippen molar-refractivity contribution in [3.8, 4) is 16.3 Å². The van der Waals surface area contributed by atoms with Gasteiger partial charge in [0.15, 0.2) is 0 Å². The molecule has 34 heavy (non-hydrogen) atoms. The molecule has 0 saturated carbocycles. The van der Waals surface area contributed by atoms with E-state index in [0.29, 0.717) is 26.4 Å². The monoisotopic (exact) mass is 478 g/mol. The van der Waals surface area contributed by atoms with Gasteiger partial charge in [0.1, 0.15) is 17.4 Å². The molecule has 1 heterocycles. The quantitative estimate of drug-likeness (QED) is 0.186. The third-order valence-corrected chi connectivity index (χ3v) is 6.14. The number of anilines is 1. The molecule has 0 amide bonds. The fraction of sp³-hybridized carbons (Fsp3) is 0.222. The molecule has 0 saturated heterocycles. The molecule has 0 unspecified atom stereocenters. The highest BCUT2D eigenvalue weighted by atomic mass is 32.1. The molecule has 0 fully saturated rings. The fourth-order valence-corrected chi connectivity index (χ4v) is 4.33. The van der Waals surface area contributed by atoms with Crippen LogP contribution in [0, 0.1) is 0 Å². The molecule has 3 aromatic carbocycles. The van der Waals surface area contributed by atoms with E-state index in [1.54, 1.807) is 23.5 Å². The van der Waals surface area contributed by atoms with Crippen molar-refractivity contribution in [2.24, 2.45) is 0 Å². The van der Waals surface area contributed by atoms with Gasteiger partial charge in [-0.05, 0) is 41.5 Å². The molecule has 0 bridgehead atoms. The van der Waals surface area contributed by atoms with Crippen molar-refractivity contribution in [2.75, 3.05) is 45.0 Å². The maximum absolute atomic E-state index is 11.9. The number of halogens is 1. The van der Waals surface area contributed by atoms with Gasteiger partial charge in [-0.1, -0.05) is 48.6 Å². The van der Waals surface area contributed by atoms with Crippen molar-refractivity contribution in [1.82, 2.24) is 4.98 Å². The summed E-state index contributed by atoms with van der Waals surface area (Å²) in [6.07, 6.45) is 4.17. The van der Waals surface area contributed by atoms with Crippen LogP contribution in [0.3, 0.4) is 0 Å². The Bertz CT molecular complexity index is 1210. The smallest absolute Gasteiger partial charge is 0.124 e. The third kappa shape index (κ3) is 6.87. The van der Waals surface area contributed by atoms with Gasteiger partial charge in [-0.2, -0.15) is 0 Å². The summed E-state index contributed by atoms with van der Waals surface area (Å²) in [5.74, 6) is 0.259. The molecule has 0 atom stereocenters. The second-order valence-corrected chi connectivity index (χ2v) is 8.62. The summed E-state index contributed by atoms with van der Waals surface area (Å²) in [5, 5.41) is 13.9. The number of hydrogen-bond donors (Lipinski definition) is 2. The fourth-order valence-electron chi connectivity index (χ4n) is 3.32. The van der Waals surface area contributed by atoms with Crippen LogP contribution in [0.5, 0.6) is 5.75 Å². The number of fused-ring (bicyclic) bond motifs is 1. The van der Waals surface area contributed by atoms with Gasteiger partial charge in [-0.25, -0.2) is 9.37 Å². The van der Waals surface area contributed by atoms with Crippen LogP contribution in [0.4, 0.5) is 10.1 Å². The van der Waals surface area contributed by atoms with Crippen molar-refractivity contribution in [3.63, 3.8) is 0 Å². The molecule has 0 aliphatic carbocycles. The first-order valence-corrected chi connectivity index (χ1v) is 12.0. The van der Waals surface area contributed by atoms with Crippen LogP contribution in [0.2, 0.25) is 0 Å². The Hall–Kier alpha value is -3.26. The predicted octanol–water partition coefficient (Wildman–Crippen LogP) is 6.25. The summed E-state index contributed by atoms with van der Waals surface area (Å²) in [4.78, 5) is 4.66. The van der Waals surface area contributed by atoms with E-state index < -0.39 is 6.67 Å². The number of rotatable bonds is 12. The maximum Gasteiger partial charge on any atom is 0.124 e. The lowest BCUT2D eigenvalue weighted by atomic mass is 10.1. The van der Waals surface area contributed by atoms with Gasteiger partial charge in [0.2, 0.25) is 0 Å². The number of nitrogens with zero attached hydrogens (tertiary/aromatic N) is 1. The largest absolute Gasteiger partial charge is 0.508 e. The summed E-state index contributed by atoms with van der Waals surface area (Å²) in [6.45, 7) is 1.82. The minimum Gasteiger partial charge on any atom is -0.508 e. The Morgan fingerprint density at radius 3 is 2.24 bits per heavy atom. The predicted molar refractivity (Wildman–Crippen MR) is 138 cm³/mol. The number of hydrogen-bond acceptors (Lipinski definition) is 6. The summed E-state index contributed by atoms with van der Waals surface area (Å²) in [7, 11) is 0. The van der Waals surface area contributed by atoms with Crippen molar-refractivity contribution >= 4 is 39.4 Å². The van der Waals surface area contributed by atoms with E-state index in [4.69, 9.17) is 9.47 Å². The number of ether oxygens (including phenoxy) is 2. The maximum atomic E-state index is 11.9. The second-order valence-electron chi connectivity index (χ2n) is 7.59. The van der Waals surface area contributed by atoms with E-state index in [-0.39, 0.29) is 12.4 Å². The number of nitrogens with one attached hydrogen (secondary N) is 1. The van der Waals surface area contributed by atoms with Crippen molar-refractivity contribution in [1.29, 1.82) is 0 Å². The van der Waals surface area contributed by atoms with E-state index in [2.05, 4.69) is 58.9 Å². The number of aromatic nitrogens is 1. The molecule has 7 heteroatoms. The minimum absolute atomic E-state index is 0.130. The van der Waals surface area contributed by atoms with Crippen LogP contribution in [-0.2, 0) is 9.47 Å². The lowest BCUT2D eigenvalue weighted by Gasteiger charge is -2.08. The Morgan fingerprint density at radius 2 is 1.53 bits per heavy atom. The first-order valence-electron chi connectivity index (χ1n) is 11.1. The van der Waals surface area contributed by atoms with Gasteiger partial charge in [0, 0.05) is 17.8 Å². The molecule has 4 aromatic rings. The Labute approximate surface area is 202 Å². The molecule has 0 aliphatic rings. The van der Waals surface area contributed by atoms with Crippen LogP contribution < -0.4 is 5.32 Å². The summed E-state index contributed by atoms with van der Waals surface area (Å²) < 4.78 is 23.3. The van der Waals surface area contributed by atoms with Gasteiger partial charge >= 0.3 is 0 Å². The van der Waals surface area contributed by atoms with Crippen LogP contribution in [0.25, 0.3) is 32.9 Å². The molecule has 4 rings (SSSR count). The van der Waals surface area contributed by atoms with Crippen molar-refractivity contribution in [2.45, 2.75) is 0 Å². The first-order chi connectivity index (χ1) is 16.7. The third-order valence-electron chi connectivity index (χ3n) is 5.08. The Balaban J connectivity index is 1.25. The van der Waals surface area contributed by atoms with E-state index >= 15 is 0 Å². The zero-order chi connectivity index (χ0) is 23.6. The number of phenolic OH excluding ortho intramolecular Hbond substituents is 1. The number of thiazole rings is 1. The second kappa shape index (κ2) is 12.3. The molecule has 0 radical (unpaired) electrons. The van der Waals surface area contributed by atoms with E-state index in [0.717, 1.165) is 37.6 Å². The van der Waals surface area contributed by atoms with E-state index in [1.165, 1.54) is 0 Å². The normalized spacial score (nSPS) is 11.4. The topological polar surface area (TPSA) is 63.6 Å². The van der Waals surface area contributed by atoms with Gasteiger partial charge < -0.3 is 19.9 Å². The highest BCUT2D eigenvalue weighted by molar-refractivity contribution is 7.21. The molecule has 1 aromatic heterocycles. The lowest BCUT2D eigenvalue weighted by molar-refractivity contribution is 0.0464. The zero-order valence-electron chi connectivity index (χ0n) is 18.7. The average molecular weight is 479 g/mol. The SMILES string of the molecule is Oc1ccc2nc(-c3ccc(/C=C/c4ccc(NCCOCCOCCF)cc4)cc3)sc2c1. The molecular weight excluding hydrogens is 451 g/mol. The lowest BCUT2D eigenvalue weighted by Crippen LogP contribution is -2.12. The molecule has 176 valence electrons. The summed E-state index contributed by atoms with van der Waals surface area (Å²) >= 11 is 1.57. The minimum atomic E-state index is -0.461. The standard InChI is InChI=1S/C27H27FN2O3S/c28-13-15-32-17-18-33-16-14-29-23-9-5-21(6-10-23)2-1-20-3-7-22(8-4-20)27-30-25-12-11-24(31)19-26(25)34-27/h1-12,19,29,31H,13-18H2/b2-1+. The Morgan fingerprint density at radius 1 is 0.853 bits per heavy atom. The van der Waals surface area contributed by atoms with Gasteiger partial charge in [0.05, 0.1) is 36.6 Å². The Kier molecular flexibility index (Phi) is 8.62. The first kappa shape index (κ1) is 23.9. The van der Waals surface area contributed by atoms with Gasteiger partial charge in [-0.15, -0.1) is 11.3 Å². The highest BCUT2D eigenvalue weighted by Gasteiger charge is 2.06. The van der Waals surface area contributed by atoms with Gasteiger partial charge in [-0.3, -0.25) is 0 Å². The van der Waals surface area contributed by atoms with Crippen molar-refractivity contribution < 1.29 is 19.0 Å². The van der Waals surface area contributed by atoms with E-state index in [1.807, 2.05) is 18.2 Å². The van der Waals surface area contributed by atoms with Crippen LogP contribution in [-0.4, -0.2) is 49.7 Å². The number of alkyl halides is 1. The highest BCUT2D eigenvalue weighted by Crippen LogP contribution is 2.32. The number of aromatic hydroxyl groups is 1. The van der Waals surface area contributed by atoms with E-state index in [9.17, 15) is 9.50 Å². The average Bonchev–Trinajstić information content (AvgIpc) is 3.28. The van der Waals surface area contributed by atoms with Crippen LogP contribution >= 0.6 is 11.3 Å². The molecule has 2 N–H and O–H groups in total. The van der Waals surface area contributed by atoms with Crippen molar-refractivity contribution in [3.05, 3.63) is 77.9 Å². The molecule has 5 nitrogen and oxygen atoms in total. The van der Waals surface area contributed by atoms with Crippen LogP contribution in [0.15, 0.2) is 66.7 Å². The number of benzene rings is 3. The summed E-state index contributed by atoms with van der Waals surface area (Å²) in [6, 6.07) is 21.7. The molecule has 0 aliphatic heterocycles. The van der Waals surface area contributed by atoms with Gasteiger partial charge in [0.25, 0.3) is 0 Å². The van der Waals surface area contributed by atoms with Crippen LogP contribution in [0.1, 0.15) is 11.1 Å². The zero-order valence-corrected chi connectivity index (χ0v) is 19.6. The summed E-state index contributed by atoms with van der Waals surface area (Å²) in [5.41, 5.74) is 5.21. The molecule has 0 spiro atoms. The molecular formula is C27H27FN2O3S.